The van der Waals surface area contributed by atoms with Crippen molar-refractivity contribution in [2.24, 2.45) is 0 Å². The number of ether oxygens (including phenoxy) is 1. The van der Waals surface area contributed by atoms with E-state index in [0.29, 0.717) is 22.6 Å². The first kappa shape index (κ1) is 18.2. The molecule has 3 aromatic carbocycles. The van der Waals surface area contributed by atoms with Gasteiger partial charge in [-0.25, -0.2) is 0 Å². The van der Waals surface area contributed by atoms with Gasteiger partial charge < -0.3 is 15.4 Å². The summed E-state index contributed by atoms with van der Waals surface area (Å²) in [5.74, 6) is 1.04. The Labute approximate surface area is 158 Å². The Bertz CT molecular complexity index is 965. The predicted molar refractivity (Wildman–Crippen MR) is 107 cm³/mol. The molecule has 2 N–H and O–H groups in total. The summed E-state index contributed by atoms with van der Waals surface area (Å²) in [6.07, 6.45) is 0. The molecule has 5 heteroatoms. The third kappa shape index (κ3) is 4.73. The Morgan fingerprint density at radius 2 is 1.48 bits per heavy atom. The van der Waals surface area contributed by atoms with Gasteiger partial charge in [-0.3, -0.25) is 9.59 Å². The topological polar surface area (TPSA) is 67.4 Å². The highest BCUT2D eigenvalue weighted by molar-refractivity contribution is 6.06. The van der Waals surface area contributed by atoms with Crippen LogP contribution in [0.15, 0.2) is 72.8 Å². The lowest BCUT2D eigenvalue weighted by atomic mass is 10.1. The van der Waals surface area contributed by atoms with Gasteiger partial charge in [-0.2, -0.15) is 0 Å². The van der Waals surface area contributed by atoms with Crippen LogP contribution >= 0.6 is 0 Å². The van der Waals surface area contributed by atoms with E-state index in [-0.39, 0.29) is 11.7 Å². The van der Waals surface area contributed by atoms with Gasteiger partial charge in [0.25, 0.3) is 5.91 Å². The third-order valence-electron chi connectivity index (χ3n) is 4.00. The molecule has 0 saturated carbocycles. The van der Waals surface area contributed by atoms with Gasteiger partial charge in [-0.1, -0.05) is 18.2 Å². The molecule has 5 nitrogen and oxygen atoms in total. The maximum Gasteiger partial charge on any atom is 0.255 e. The second kappa shape index (κ2) is 8.19. The van der Waals surface area contributed by atoms with Crippen LogP contribution in [0.2, 0.25) is 0 Å². The summed E-state index contributed by atoms with van der Waals surface area (Å²) in [5.41, 5.74) is 2.55. The van der Waals surface area contributed by atoms with Crippen LogP contribution < -0.4 is 15.4 Å². The zero-order valence-corrected chi connectivity index (χ0v) is 15.2. The highest BCUT2D eigenvalue weighted by atomic mass is 16.5. The lowest BCUT2D eigenvalue weighted by Crippen LogP contribution is -2.12. The molecule has 0 aromatic heterocycles. The fraction of sp³-hybridized carbons (Fsp3) is 0.0909. The zero-order valence-electron chi connectivity index (χ0n) is 15.2. The lowest BCUT2D eigenvalue weighted by Gasteiger charge is -2.09. The van der Waals surface area contributed by atoms with E-state index in [2.05, 4.69) is 10.6 Å². The molecular formula is C22H20N2O3. The number of anilines is 2. The van der Waals surface area contributed by atoms with Crippen LogP contribution in [-0.4, -0.2) is 18.7 Å². The molecule has 0 fully saturated rings. The Morgan fingerprint density at radius 1 is 0.778 bits per heavy atom. The summed E-state index contributed by atoms with van der Waals surface area (Å²) in [6, 6.07) is 21.4. The van der Waals surface area contributed by atoms with E-state index in [1.807, 2.05) is 31.3 Å². The van der Waals surface area contributed by atoms with Gasteiger partial charge in [-0.15, -0.1) is 0 Å². The van der Waals surface area contributed by atoms with Crippen molar-refractivity contribution in [3.63, 3.8) is 0 Å². The fourth-order valence-corrected chi connectivity index (χ4v) is 2.54. The Hall–Kier alpha value is -3.60. The number of rotatable bonds is 6. The smallest absolute Gasteiger partial charge is 0.255 e. The van der Waals surface area contributed by atoms with Crippen LogP contribution in [0.1, 0.15) is 27.6 Å². The van der Waals surface area contributed by atoms with Crippen LogP contribution in [-0.2, 0) is 0 Å². The third-order valence-corrected chi connectivity index (χ3v) is 4.00. The number of hydrogen-bond donors (Lipinski definition) is 2. The summed E-state index contributed by atoms with van der Waals surface area (Å²) in [7, 11) is 1.85. The second-order valence-corrected chi connectivity index (χ2v) is 6.00. The van der Waals surface area contributed by atoms with Crippen molar-refractivity contribution in [2.75, 3.05) is 17.7 Å². The first-order valence-electron chi connectivity index (χ1n) is 8.53. The van der Waals surface area contributed by atoms with Crippen LogP contribution in [0.5, 0.6) is 11.5 Å². The van der Waals surface area contributed by atoms with Gasteiger partial charge in [0, 0.05) is 35.6 Å². The normalized spacial score (nSPS) is 10.1. The van der Waals surface area contributed by atoms with E-state index in [1.165, 1.54) is 6.92 Å². The highest BCUT2D eigenvalue weighted by Gasteiger charge is 2.09. The van der Waals surface area contributed by atoms with Crippen LogP contribution in [0.3, 0.4) is 0 Å². The summed E-state index contributed by atoms with van der Waals surface area (Å²) in [6.45, 7) is 1.47. The van der Waals surface area contributed by atoms with E-state index < -0.39 is 0 Å². The molecule has 0 aliphatic carbocycles. The molecule has 27 heavy (non-hydrogen) atoms. The average molecular weight is 360 g/mol. The number of ketones is 1. The summed E-state index contributed by atoms with van der Waals surface area (Å²) >= 11 is 0. The molecule has 0 saturated heterocycles. The minimum atomic E-state index is -0.270. The van der Waals surface area contributed by atoms with Crippen molar-refractivity contribution < 1.29 is 14.3 Å². The molecular weight excluding hydrogens is 340 g/mol. The van der Waals surface area contributed by atoms with Crippen LogP contribution in [0.25, 0.3) is 0 Å². The highest BCUT2D eigenvalue weighted by Crippen LogP contribution is 2.25. The van der Waals surface area contributed by atoms with Crippen molar-refractivity contribution in [1.82, 2.24) is 0 Å². The molecule has 0 unspecified atom stereocenters. The van der Waals surface area contributed by atoms with Gasteiger partial charge in [0.15, 0.2) is 5.78 Å². The summed E-state index contributed by atoms with van der Waals surface area (Å²) in [5, 5.41) is 5.88. The number of carbonyl (C=O) groups excluding carboxylic acids is 2. The van der Waals surface area contributed by atoms with Crippen molar-refractivity contribution in [3.8, 4) is 11.5 Å². The summed E-state index contributed by atoms with van der Waals surface area (Å²) < 4.78 is 5.82. The maximum atomic E-state index is 12.4. The van der Waals surface area contributed by atoms with Gasteiger partial charge in [0.2, 0.25) is 0 Å². The Morgan fingerprint density at radius 3 is 2.19 bits per heavy atom. The van der Waals surface area contributed by atoms with Gasteiger partial charge in [0.1, 0.15) is 11.5 Å². The lowest BCUT2D eigenvalue weighted by molar-refractivity contribution is 0.101. The van der Waals surface area contributed by atoms with Crippen LogP contribution in [0.4, 0.5) is 11.4 Å². The largest absolute Gasteiger partial charge is 0.457 e. The molecule has 0 heterocycles. The number of nitrogens with one attached hydrogen (secondary N) is 2. The quantitative estimate of drug-likeness (QED) is 0.609. The number of benzene rings is 3. The molecule has 0 radical (unpaired) electrons. The average Bonchev–Trinajstić information content (AvgIpc) is 2.69. The second-order valence-electron chi connectivity index (χ2n) is 6.00. The first-order chi connectivity index (χ1) is 13.0. The molecule has 0 aliphatic rings. The number of amides is 1. The molecule has 136 valence electrons. The molecule has 0 bridgehead atoms. The van der Waals surface area contributed by atoms with E-state index in [0.717, 1.165) is 11.4 Å². The zero-order chi connectivity index (χ0) is 19.2. The van der Waals surface area contributed by atoms with E-state index in [1.54, 1.807) is 48.5 Å². The predicted octanol–water partition coefficient (Wildman–Crippen LogP) is 4.98. The minimum absolute atomic E-state index is 0.0755. The van der Waals surface area contributed by atoms with Gasteiger partial charge >= 0.3 is 0 Å². The molecule has 1 amide bonds. The van der Waals surface area contributed by atoms with Crippen molar-refractivity contribution in [2.45, 2.75) is 6.92 Å². The van der Waals surface area contributed by atoms with Gasteiger partial charge in [0.05, 0.1) is 0 Å². The number of hydrogen-bond acceptors (Lipinski definition) is 4. The standard InChI is InChI=1S/C22H20N2O3/c1-15(25)16-5-3-6-17(13-16)22(26)24-18-9-11-20(12-10-18)27-21-8-4-7-19(14-21)23-2/h3-14,23H,1-2H3,(H,24,26). The van der Waals surface area contributed by atoms with E-state index in [9.17, 15) is 9.59 Å². The van der Waals surface area contributed by atoms with E-state index in [4.69, 9.17) is 4.74 Å². The molecule has 0 atom stereocenters. The van der Waals surface area contributed by atoms with Crippen molar-refractivity contribution in [1.29, 1.82) is 0 Å². The first-order valence-corrected chi connectivity index (χ1v) is 8.53. The number of carbonyl (C=O) groups is 2. The molecule has 3 rings (SSSR count). The Balaban J connectivity index is 1.67. The number of Topliss-reactive ketones (excluding diaryl/α,β-unsaturated/α-hetero) is 1. The SMILES string of the molecule is CNc1cccc(Oc2ccc(NC(=O)c3cccc(C(C)=O)c3)cc2)c1. The summed E-state index contributed by atoms with van der Waals surface area (Å²) in [4.78, 5) is 23.8. The van der Waals surface area contributed by atoms with Crippen molar-refractivity contribution >= 4 is 23.1 Å². The van der Waals surface area contributed by atoms with Crippen molar-refractivity contribution in [3.05, 3.63) is 83.9 Å². The maximum absolute atomic E-state index is 12.4. The Kier molecular flexibility index (Phi) is 5.52. The monoisotopic (exact) mass is 360 g/mol. The molecule has 0 aliphatic heterocycles. The fourth-order valence-electron chi connectivity index (χ4n) is 2.54. The minimum Gasteiger partial charge on any atom is -0.457 e. The van der Waals surface area contributed by atoms with Gasteiger partial charge in [-0.05, 0) is 55.5 Å². The molecule has 3 aromatic rings. The van der Waals surface area contributed by atoms with Crippen LogP contribution in [0, 0.1) is 0 Å². The van der Waals surface area contributed by atoms with E-state index >= 15 is 0 Å². The molecule has 0 spiro atoms.